The molecule has 2 fully saturated rings. The van der Waals surface area contributed by atoms with Gasteiger partial charge in [0.15, 0.2) is 4.32 Å². The summed E-state index contributed by atoms with van der Waals surface area (Å²) in [6.07, 6.45) is 1.71. The van der Waals surface area contributed by atoms with Gasteiger partial charge in [-0.15, -0.1) is 0 Å². The molecule has 0 N–H and O–H groups in total. The third-order valence-electron chi connectivity index (χ3n) is 4.65. The van der Waals surface area contributed by atoms with Gasteiger partial charge in [0, 0.05) is 32.3 Å². The maximum atomic E-state index is 12.9. The first-order chi connectivity index (χ1) is 13.4. The number of rotatable bonds is 3. The summed E-state index contributed by atoms with van der Waals surface area (Å²) >= 11 is 19.2. The highest BCUT2D eigenvalue weighted by Gasteiger charge is 2.37. The second kappa shape index (κ2) is 8.18. The minimum absolute atomic E-state index is 0.117. The second-order valence-electron chi connectivity index (χ2n) is 6.55. The van der Waals surface area contributed by atoms with E-state index in [-0.39, 0.29) is 5.91 Å². The van der Waals surface area contributed by atoms with Crippen molar-refractivity contribution in [3.63, 3.8) is 0 Å². The van der Waals surface area contributed by atoms with Crippen LogP contribution in [-0.4, -0.2) is 58.4 Å². The van der Waals surface area contributed by atoms with Crippen molar-refractivity contribution in [2.45, 2.75) is 0 Å². The molecule has 0 spiro atoms. The highest BCUT2D eigenvalue weighted by Crippen LogP contribution is 2.38. The number of benzene rings is 1. The fraction of sp³-hybridized carbons (Fsp3) is 0.263. The van der Waals surface area contributed by atoms with Crippen LogP contribution in [0.3, 0.4) is 0 Å². The first kappa shape index (κ1) is 19.9. The van der Waals surface area contributed by atoms with Crippen LogP contribution in [0.2, 0.25) is 10.0 Å². The van der Waals surface area contributed by atoms with Crippen molar-refractivity contribution in [2.75, 3.05) is 33.2 Å². The molecule has 0 bridgehead atoms. The number of carbonyl (C=O) groups is 1. The Bertz CT molecular complexity index is 948. The Balaban J connectivity index is 1.56. The Morgan fingerprint density at radius 1 is 1.11 bits per heavy atom. The lowest BCUT2D eigenvalue weighted by atomic mass is 10.2. The molecule has 0 unspecified atom stereocenters. The second-order valence-corrected chi connectivity index (χ2v) is 9.04. The molecule has 0 saturated carbocycles. The zero-order chi connectivity index (χ0) is 19.8. The Labute approximate surface area is 182 Å². The van der Waals surface area contributed by atoms with E-state index in [1.165, 1.54) is 11.8 Å². The number of nitrogens with zero attached hydrogens (tertiary/aromatic N) is 3. The average molecular weight is 454 g/mol. The van der Waals surface area contributed by atoms with Gasteiger partial charge >= 0.3 is 0 Å². The molecule has 4 rings (SSSR count). The molecule has 9 heteroatoms. The topological polar surface area (TPSA) is 39.9 Å². The summed E-state index contributed by atoms with van der Waals surface area (Å²) in [6.45, 7) is 3.34. The third kappa shape index (κ3) is 3.87. The fourth-order valence-electron chi connectivity index (χ4n) is 3.13. The molecule has 1 aromatic carbocycles. The van der Waals surface area contributed by atoms with Crippen molar-refractivity contribution in [2.24, 2.45) is 0 Å². The van der Waals surface area contributed by atoms with Crippen LogP contribution in [0.4, 0.5) is 0 Å². The van der Waals surface area contributed by atoms with Crippen LogP contribution in [0.5, 0.6) is 0 Å². The van der Waals surface area contributed by atoms with Crippen molar-refractivity contribution < 1.29 is 9.21 Å². The summed E-state index contributed by atoms with van der Waals surface area (Å²) in [4.78, 5) is 15.7. The number of piperazine rings is 1. The molecule has 2 aromatic rings. The van der Waals surface area contributed by atoms with Crippen molar-refractivity contribution in [1.82, 2.24) is 14.9 Å². The number of thioether (sulfide) groups is 1. The summed E-state index contributed by atoms with van der Waals surface area (Å²) in [5.74, 6) is 0.981. The molecule has 5 nitrogen and oxygen atoms in total. The minimum Gasteiger partial charge on any atom is -0.457 e. The minimum atomic E-state index is -0.117. The van der Waals surface area contributed by atoms with Gasteiger partial charge in [-0.3, -0.25) is 4.79 Å². The van der Waals surface area contributed by atoms with Crippen LogP contribution in [0, 0.1) is 0 Å². The number of hydrazine groups is 1. The smallest absolute Gasteiger partial charge is 0.281 e. The number of halogens is 2. The molecule has 1 amide bonds. The van der Waals surface area contributed by atoms with Crippen molar-refractivity contribution >= 4 is 63.5 Å². The number of furan rings is 1. The van der Waals surface area contributed by atoms with E-state index < -0.39 is 0 Å². The molecule has 28 heavy (non-hydrogen) atoms. The highest BCUT2D eigenvalue weighted by atomic mass is 35.5. The summed E-state index contributed by atoms with van der Waals surface area (Å²) in [6, 6.07) is 8.87. The maximum Gasteiger partial charge on any atom is 0.281 e. The number of thiocarbonyl (C=S) groups is 1. The lowest BCUT2D eigenvalue weighted by molar-refractivity contribution is -0.135. The normalized spacial score (nSPS) is 20.5. The van der Waals surface area contributed by atoms with Gasteiger partial charge < -0.3 is 9.32 Å². The number of amides is 1. The molecular formula is C19H17Cl2N3O2S2. The van der Waals surface area contributed by atoms with Crippen LogP contribution in [-0.2, 0) is 4.79 Å². The summed E-state index contributed by atoms with van der Waals surface area (Å²) in [5, 5.41) is 4.63. The lowest BCUT2D eigenvalue weighted by Crippen LogP contribution is -2.54. The summed E-state index contributed by atoms with van der Waals surface area (Å²) in [7, 11) is 2.07. The van der Waals surface area contributed by atoms with Crippen LogP contribution in [0.15, 0.2) is 39.7 Å². The van der Waals surface area contributed by atoms with Gasteiger partial charge in [-0.05, 0) is 31.3 Å². The molecule has 0 radical (unpaired) electrons. The molecule has 0 atom stereocenters. The quantitative estimate of drug-likeness (QED) is 0.498. The predicted octanol–water partition coefficient (Wildman–Crippen LogP) is 4.62. The Morgan fingerprint density at radius 3 is 2.46 bits per heavy atom. The van der Waals surface area contributed by atoms with Crippen LogP contribution in [0.1, 0.15) is 5.76 Å². The van der Waals surface area contributed by atoms with Crippen molar-refractivity contribution in [1.29, 1.82) is 0 Å². The number of likely N-dealkylation sites (N-methyl/N-ethyl adjacent to an activating group) is 1. The van der Waals surface area contributed by atoms with Gasteiger partial charge in [-0.1, -0.05) is 53.2 Å². The van der Waals surface area contributed by atoms with E-state index in [1.807, 2.05) is 5.01 Å². The van der Waals surface area contributed by atoms with E-state index in [1.54, 1.807) is 41.4 Å². The summed E-state index contributed by atoms with van der Waals surface area (Å²) < 4.78 is 6.42. The van der Waals surface area contributed by atoms with Gasteiger partial charge in [0.05, 0.1) is 20.5 Å². The van der Waals surface area contributed by atoms with Crippen molar-refractivity contribution in [3.8, 4) is 11.3 Å². The van der Waals surface area contributed by atoms with E-state index in [0.717, 1.165) is 26.2 Å². The standard InChI is InChI=1S/C19H17Cl2N3O2S2/c1-22-7-9-23(10-8-22)24-18(25)16(28-19(24)27)11-12-5-6-15(26-12)17-13(20)3-2-4-14(17)21/h2-6,11H,7-10H2,1H3/b16-11-. The lowest BCUT2D eigenvalue weighted by Gasteiger charge is -2.37. The Hall–Kier alpha value is -1.35. The molecule has 3 heterocycles. The van der Waals surface area contributed by atoms with Gasteiger partial charge in [0.1, 0.15) is 11.5 Å². The van der Waals surface area contributed by atoms with E-state index >= 15 is 0 Å². The zero-order valence-corrected chi connectivity index (χ0v) is 18.2. The summed E-state index contributed by atoms with van der Waals surface area (Å²) in [5.41, 5.74) is 0.635. The van der Waals surface area contributed by atoms with E-state index in [0.29, 0.717) is 36.4 Å². The molecule has 2 aliphatic rings. The van der Waals surface area contributed by atoms with Crippen LogP contribution in [0.25, 0.3) is 17.4 Å². The Kier molecular flexibility index (Phi) is 5.83. The maximum absolute atomic E-state index is 12.9. The number of hydrogen-bond donors (Lipinski definition) is 0. The first-order valence-electron chi connectivity index (χ1n) is 8.69. The van der Waals surface area contributed by atoms with E-state index in [4.69, 9.17) is 39.8 Å². The monoisotopic (exact) mass is 453 g/mol. The Morgan fingerprint density at radius 2 is 1.79 bits per heavy atom. The van der Waals surface area contributed by atoms with E-state index in [9.17, 15) is 4.79 Å². The van der Waals surface area contributed by atoms with Crippen LogP contribution >= 0.6 is 47.2 Å². The molecule has 2 saturated heterocycles. The highest BCUT2D eigenvalue weighted by molar-refractivity contribution is 8.26. The van der Waals surface area contributed by atoms with E-state index in [2.05, 4.69) is 11.9 Å². The molecule has 0 aliphatic carbocycles. The first-order valence-corrected chi connectivity index (χ1v) is 10.7. The number of carbonyl (C=O) groups excluding carboxylic acids is 1. The molecule has 1 aromatic heterocycles. The zero-order valence-electron chi connectivity index (χ0n) is 15.0. The largest absolute Gasteiger partial charge is 0.457 e. The molecular weight excluding hydrogens is 437 g/mol. The van der Waals surface area contributed by atoms with Gasteiger partial charge in [-0.2, -0.15) is 0 Å². The third-order valence-corrected chi connectivity index (χ3v) is 6.56. The number of hydrogen-bond acceptors (Lipinski definition) is 6. The average Bonchev–Trinajstić information content (AvgIpc) is 3.21. The van der Waals surface area contributed by atoms with Crippen LogP contribution < -0.4 is 0 Å². The molecule has 146 valence electrons. The van der Waals surface area contributed by atoms with Gasteiger partial charge in [0.25, 0.3) is 5.91 Å². The predicted molar refractivity (Wildman–Crippen MR) is 118 cm³/mol. The van der Waals surface area contributed by atoms with Crippen molar-refractivity contribution in [3.05, 3.63) is 51.0 Å². The van der Waals surface area contributed by atoms with Gasteiger partial charge in [0.2, 0.25) is 0 Å². The SMILES string of the molecule is CN1CCN(N2C(=O)/C(=C/c3ccc(-c4c(Cl)cccc4Cl)o3)SC2=S)CC1. The molecule has 2 aliphatic heterocycles. The van der Waals surface area contributed by atoms with Gasteiger partial charge in [-0.25, -0.2) is 10.0 Å². The fourth-order valence-corrected chi connectivity index (χ4v) is 5.00.